The van der Waals surface area contributed by atoms with Gasteiger partial charge in [-0.15, -0.1) is 11.8 Å². The third-order valence-electron chi connectivity index (χ3n) is 2.94. The van der Waals surface area contributed by atoms with Crippen LogP contribution in [-0.2, 0) is 4.79 Å². The van der Waals surface area contributed by atoms with Crippen LogP contribution in [0.25, 0.3) is 0 Å². The molecule has 2 rings (SSSR count). The number of carbonyl (C=O) groups is 1. The van der Waals surface area contributed by atoms with Crippen LogP contribution in [0.4, 0.5) is 0 Å². The van der Waals surface area contributed by atoms with Crippen LogP contribution in [0, 0.1) is 0 Å². The molecule has 0 radical (unpaired) electrons. The lowest BCUT2D eigenvalue weighted by molar-refractivity contribution is -0.129. The van der Waals surface area contributed by atoms with Gasteiger partial charge in [-0.3, -0.25) is 4.79 Å². The first kappa shape index (κ1) is 12.0. The zero-order valence-electron chi connectivity index (χ0n) is 9.37. The maximum absolute atomic E-state index is 11.4. The molecule has 1 aromatic carbocycles. The second kappa shape index (κ2) is 4.80. The first-order chi connectivity index (χ1) is 7.59. The number of carbonyl (C=O) groups excluding carboxylic acids is 1. The number of hydrogen-bond donors (Lipinski definition) is 0. The van der Waals surface area contributed by atoms with Crippen LogP contribution in [0.5, 0.6) is 0 Å². The molecule has 4 heteroatoms. The zero-order valence-corrected chi connectivity index (χ0v) is 11.8. The smallest absolute Gasteiger partial charge is 0.219 e. The summed E-state index contributed by atoms with van der Waals surface area (Å²) >= 11 is 5.36. The molecule has 1 amide bonds. The van der Waals surface area contributed by atoms with Gasteiger partial charge < -0.3 is 4.90 Å². The Morgan fingerprint density at radius 1 is 1.56 bits per heavy atom. The molecule has 86 valence electrons. The fourth-order valence-corrected chi connectivity index (χ4v) is 3.43. The predicted molar refractivity (Wildman–Crippen MR) is 70.7 cm³/mol. The summed E-state index contributed by atoms with van der Waals surface area (Å²) in [6, 6.07) is 6.55. The molecule has 2 nitrogen and oxygen atoms in total. The summed E-state index contributed by atoms with van der Waals surface area (Å²) in [5.41, 5.74) is 1.27. The largest absolute Gasteiger partial charge is 0.339 e. The molecule has 1 atom stereocenters. The van der Waals surface area contributed by atoms with E-state index in [2.05, 4.69) is 34.1 Å². The molecule has 0 aliphatic carbocycles. The Morgan fingerprint density at radius 2 is 2.31 bits per heavy atom. The first-order valence-electron chi connectivity index (χ1n) is 5.25. The number of halogens is 1. The number of hydrogen-bond acceptors (Lipinski definition) is 2. The quantitative estimate of drug-likeness (QED) is 0.791. The van der Waals surface area contributed by atoms with Gasteiger partial charge in [0.05, 0.1) is 6.04 Å². The molecule has 0 saturated carbocycles. The minimum Gasteiger partial charge on any atom is -0.339 e. The van der Waals surface area contributed by atoms with Crippen LogP contribution in [0.1, 0.15) is 24.9 Å². The summed E-state index contributed by atoms with van der Waals surface area (Å²) in [5.74, 6) is 1.21. The minimum absolute atomic E-state index is 0.128. The molecule has 0 fully saturated rings. The van der Waals surface area contributed by atoms with E-state index < -0.39 is 0 Å². The predicted octanol–water partition coefficient (Wildman–Crippen LogP) is 3.46. The number of amides is 1. The summed E-state index contributed by atoms with van der Waals surface area (Å²) in [6.07, 6.45) is 1.03. The Kier molecular flexibility index (Phi) is 3.60. The lowest BCUT2D eigenvalue weighted by atomic mass is 10.0. The standard InChI is InChI=1S/C12H14BrNOS/c1-8(15)14(2)11-5-6-16-12-4-3-9(13)7-10(11)12/h3-4,7,11H,5-6H2,1-2H3/t11-/m1/s1. The highest BCUT2D eigenvalue weighted by Crippen LogP contribution is 2.40. The van der Waals surface area contributed by atoms with E-state index in [0.29, 0.717) is 0 Å². The van der Waals surface area contributed by atoms with Crippen LogP contribution in [0.2, 0.25) is 0 Å². The van der Waals surface area contributed by atoms with Gasteiger partial charge in [0.2, 0.25) is 5.91 Å². The second-order valence-corrected chi connectivity index (χ2v) is 6.02. The summed E-state index contributed by atoms with van der Waals surface area (Å²) in [4.78, 5) is 14.6. The van der Waals surface area contributed by atoms with Crippen LogP contribution >= 0.6 is 27.7 Å². The lowest BCUT2D eigenvalue weighted by Crippen LogP contribution is -2.31. The zero-order chi connectivity index (χ0) is 11.7. The summed E-state index contributed by atoms with van der Waals surface area (Å²) in [7, 11) is 1.88. The van der Waals surface area contributed by atoms with Crippen molar-refractivity contribution in [1.82, 2.24) is 4.90 Å². The van der Waals surface area contributed by atoms with Crippen molar-refractivity contribution in [3.63, 3.8) is 0 Å². The summed E-state index contributed by atoms with van der Waals surface area (Å²) in [5, 5.41) is 0. The van der Waals surface area contributed by atoms with E-state index >= 15 is 0 Å². The van der Waals surface area contributed by atoms with Gasteiger partial charge in [-0.2, -0.15) is 0 Å². The van der Waals surface area contributed by atoms with Crippen LogP contribution in [-0.4, -0.2) is 23.6 Å². The highest BCUT2D eigenvalue weighted by Gasteiger charge is 2.25. The number of thioether (sulfide) groups is 1. The molecule has 1 aliphatic rings. The minimum atomic E-state index is 0.128. The molecular formula is C12H14BrNOS. The molecule has 0 saturated heterocycles. The van der Waals surface area contributed by atoms with E-state index in [9.17, 15) is 4.79 Å². The highest BCUT2D eigenvalue weighted by atomic mass is 79.9. The van der Waals surface area contributed by atoms with Gasteiger partial charge in [0, 0.05) is 29.1 Å². The van der Waals surface area contributed by atoms with Crippen molar-refractivity contribution < 1.29 is 4.79 Å². The van der Waals surface area contributed by atoms with Gasteiger partial charge in [-0.25, -0.2) is 0 Å². The van der Waals surface area contributed by atoms with Gasteiger partial charge in [-0.1, -0.05) is 15.9 Å². The third kappa shape index (κ3) is 2.28. The normalized spacial score (nSPS) is 19.1. The number of nitrogens with zero attached hydrogens (tertiary/aromatic N) is 1. The Morgan fingerprint density at radius 3 is 3.00 bits per heavy atom. The van der Waals surface area contributed by atoms with Gasteiger partial charge in [0.25, 0.3) is 0 Å². The molecule has 1 aromatic rings. The molecule has 1 aliphatic heterocycles. The lowest BCUT2D eigenvalue weighted by Gasteiger charge is -2.32. The third-order valence-corrected chi connectivity index (χ3v) is 4.56. The Hall–Kier alpha value is -0.480. The fraction of sp³-hybridized carbons (Fsp3) is 0.417. The van der Waals surface area contributed by atoms with E-state index in [1.807, 2.05) is 23.7 Å². The molecule has 0 unspecified atom stereocenters. The van der Waals surface area contributed by atoms with Crippen molar-refractivity contribution in [2.45, 2.75) is 24.3 Å². The van der Waals surface area contributed by atoms with Gasteiger partial charge in [0.15, 0.2) is 0 Å². The summed E-state index contributed by atoms with van der Waals surface area (Å²) in [6.45, 7) is 1.62. The van der Waals surface area contributed by atoms with Crippen molar-refractivity contribution in [2.75, 3.05) is 12.8 Å². The topological polar surface area (TPSA) is 20.3 Å². The SMILES string of the molecule is CC(=O)N(C)[C@@H]1CCSc2ccc(Br)cc21. The molecule has 0 aromatic heterocycles. The van der Waals surface area contributed by atoms with Gasteiger partial charge in [-0.05, 0) is 30.2 Å². The molecule has 0 bridgehead atoms. The monoisotopic (exact) mass is 299 g/mol. The van der Waals surface area contributed by atoms with Crippen molar-refractivity contribution in [2.24, 2.45) is 0 Å². The van der Waals surface area contributed by atoms with Crippen molar-refractivity contribution in [1.29, 1.82) is 0 Å². The number of fused-ring (bicyclic) bond motifs is 1. The average Bonchev–Trinajstić information content (AvgIpc) is 2.27. The van der Waals surface area contributed by atoms with Gasteiger partial charge in [0.1, 0.15) is 0 Å². The highest BCUT2D eigenvalue weighted by molar-refractivity contribution is 9.10. The first-order valence-corrected chi connectivity index (χ1v) is 7.03. The summed E-state index contributed by atoms with van der Waals surface area (Å²) < 4.78 is 1.08. The van der Waals surface area contributed by atoms with Crippen LogP contribution in [0.3, 0.4) is 0 Å². The number of benzene rings is 1. The van der Waals surface area contributed by atoms with Crippen LogP contribution in [0.15, 0.2) is 27.6 Å². The van der Waals surface area contributed by atoms with E-state index in [-0.39, 0.29) is 11.9 Å². The molecular weight excluding hydrogens is 286 g/mol. The van der Waals surface area contributed by atoms with E-state index in [4.69, 9.17) is 0 Å². The van der Waals surface area contributed by atoms with E-state index in [0.717, 1.165) is 16.6 Å². The average molecular weight is 300 g/mol. The van der Waals surface area contributed by atoms with Crippen molar-refractivity contribution in [3.05, 3.63) is 28.2 Å². The molecule has 0 spiro atoms. The van der Waals surface area contributed by atoms with Crippen molar-refractivity contribution >= 4 is 33.6 Å². The maximum atomic E-state index is 11.4. The Balaban J connectivity index is 2.38. The van der Waals surface area contributed by atoms with Gasteiger partial charge >= 0.3 is 0 Å². The Labute approximate surface area is 109 Å². The Bertz CT molecular complexity index is 421. The molecule has 16 heavy (non-hydrogen) atoms. The van der Waals surface area contributed by atoms with Crippen LogP contribution < -0.4 is 0 Å². The second-order valence-electron chi connectivity index (χ2n) is 3.97. The molecule has 1 heterocycles. The van der Waals surface area contributed by atoms with E-state index in [1.54, 1.807) is 6.92 Å². The molecule has 0 N–H and O–H groups in total. The van der Waals surface area contributed by atoms with E-state index in [1.165, 1.54) is 10.5 Å². The fourth-order valence-electron chi connectivity index (χ4n) is 1.97. The maximum Gasteiger partial charge on any atom is 0.219 e. The van der Waals surface area contributed by atoms with Crippen molar-refractivity contribution in [3.8, 4) is 0 Å². The number of rotatable bonds is 1.